The minimum atomic E-state index is -1.14. The van der Waals surface area contributed by atoms with Crippen LogP contribution >= 0.6 is 34.5 Å². The topological polar surface area (TPSA) is 88.8 Å². The minimum Gasteiger partial charge on any atom is -0.489 e. The van der Waals surface area contributed by atoms with Crippen LogP contribution in [0.15, 0.2) is 71.3 Å². The maximum absolute atomic E-state index is 12.3. The van der Waals surface area contributed by atoms with Crippen molar-refractivity contribution in [2.24, 2.45) is 0 Å². The Bertz CT molecular complexity index is 1250. The second-order valence-corrected chi connectivity index (χ2v) is 8.47. The average Bonchev–Trinajstić information content (AvgIpc) is 3.44. The van der Waals surface area contributed by atoms with E-state index in [0.29, 0.717) is 26.2 Å². The van der Waals surface area contributed by atoms with E-state index in [9.17, 15) is 14.7 Å². The molecular formula is C23H15Cl2NO5S. The van der Waals surface area contributed by atoms with Crippen molar-refractivity contribution in [3.8, 4) is 16.2 Å². The molecule has 2 N–H and O–H groups in total. The number of benzene rings is 2. The molecule has 4 rings (SSSR count). The molecule has 0 radical (unpaired) electrons. The van der Waals surface area contributed by atoms with E-state index in [0.717, 1.165) is 16.9 Å². The van der Waals surface area contributed by atoms with Crippen molar-refractivity contribution in [2.75, 3.05) is 5.32 Å². The number of anilines is 1. The fraction of sp³-hybridized carbons (Fsp3) is 0.0435. The molecule has 2 heterocycles. The Morgan fingerprint density at radius 3 is 2.38 bits per heavy atom. The van der Waals surface area contributed by atoms with Gasteiger partial charge in [-0.05, 0) is 60.2 Å². The highest BCUT2D eigenvalue weighted by Gasteiger charge is 2.20. The van der Waals surface area contributed by atoms with E-state index < -0.39 is 11.9 Å². The smallest absolute Gasteiger partial charge is 0.338 e. The molecule has 0 fully saturated rings. The zero-order chi connectivity index (χ0) is 22.7. The molecule has 0 aliphatic carbocycles. The summed E-state index contributed by atoms with van der Waals surface area (Å²) in [6, 6.07) is 17.0. The highest BCUT2D eigenvalue weighted by atomic mass is 35.5. The minimum absolute atomic E-state index is 0.00130. The van der Waals surface area contributed by atoms with Gasteiger partial charge in [0.1, 0.15) is 17.4 Å². The van der Waals surface area contributed by atoms with Gasteiger partial charge in [0.05, 0.1) is 11.8 Å². The zero-order valence-corrected chi connectivity index (χ0v) is 18.6. The molecule has 0 aliphatic rings. The largest absolute Gasteiger partial charge is 0.489 e. The zero-order valence-electron chi connectivity index (χ0n) is 16.3. The van der Waals surface area contributed by atoms with Gasteiger partial charge >= 0.3 is 5.97 Å². The van der Waals surface area contributed by atoms with Crippen LogP contribution in [0.3, 0.4) is 0 Å². The van der Waals surface area contributed by atoms with Crippen LogP contribution in [-0.2, 0) is 6.61 Å². The molecule has 0 spiro atoms. The predicted molar refractivity (Wildman–Crippen MR) is 124 cm³/mol. The summed E-state index contributed by atoms with van der Waals surface area (Å²) in [5.74, 6) is -0.964. The van der Waals surface area contributed by atoms with Crippen molar-refractivity contribution >= 4 is 51.4 Å². The van der Waals surface area contributed by atoms with Gasteiger partial charge in [-0.25, -0.2) is 4.79 Å². The maximum Gasteiger partial charge on any atom is 0.338 e. The molecule has 32 heavy (non-hydrogen) atoms. The molecule has 4 aromatic rings. The number of ether oxygens (including phenoxy) is 1. The first-order chi connectivity index (χ1) is 15.4. The quantitative estimate of drug-likeness (QED) is 0.297. The molecule has 0 unspecified atom stereocenters. The third kappa shape index (κ3) is 4.80. The average molecular weight is 488 g/mol. The van der Waals surface area contributed by atoms with Crippen LogP contribution in [0.4, 0.5) is 5.00 Å². The van der Waals surface area contributed by atoms with Crippen molar-refractivity contribution in [3.05, 3.63) is 93.9 Å². The number of furan rings is 1. The summed E-state index contributed by atoms with van der Waals surface area (Å²) in [5.41, 5.74) is 1.47. The van der Waals surface area contributed by atoms with E-state index in [1.807, 2.05) is 0 Å². The van der Waals surface area contributed by atoms with E-state index >= 15 is 0 Å². The molecule has 2 aromatic heterocycles. The molecule has 1 amide bonds. The van der Waals surface area contributed by atoms with Crippen LogP contribution in [0, 0.1) is 0 Å². The molecule has 162 valence electrons. The third-order valence-electron chi connectivity index (χ3n) is 4.52. The summed E-state index contributed by atoms with van der Waals surface area (Å²) < 4.78 is 10.8. The molecule has 2 aromatic carbocycles. The molecule has 0 atom stereocenters. The lowest BCUT2D eigenvalue weighted by atomic mass is 10.1. The van der Waals surface area contributed by atoms with Gasteiger partial charge in [-0.2, -0.15) is 0 Å². The number of carbonyl (C=O) groups is 2. The van der Waals surface area contributed by atoms with Gasteiger partial charge in [-0.1, -0.05) is 29.3 Å². The van der Waals surface area contributed by atoms with Gasteiger partial charge in [-0.15, -0.1) is 11.3 Å². The van der Waals surface area contributed by atoms with Gasteiger partial charge in [0.15, 0.2) is 5.76 Å². The number of amides is 1. The Kier molecular flexibility index (Phi) is 6.50. The van der Waals surface area contributed by atoms with Crippen molar-refractivity contribution < 1.29 is 23.8 Å². The molecule has 0 saturated heterocycles. The maximum atomic E-state index is 12.3. The van der Waals surface area contributed by atoms with Crippen LogP contribution < -0.4 is 10.1 Å². The summed E-state index contributed by atoms with van der Waals surface area (Å²) in [7, 11) is 0. The summed E-state index contributed by atoms with van der Waals surface area (Å²) in [4.78, 5) is 24.6. The van der Waals surface area contributed by atoms with E-state index in [2.05, 4.69) is 5.32 Å². The van der Waals surface area contributed by atoms with Crippen LogP contribution in [0.2, 0.25) is 10.0 Å². The van der Waals surface area contributed by atoms with Gasteiger partial charge in [0.2, 0.25) is 0 Å². The number of nitrogens with one attached hydrogen (secondary N) is 1. The lowest BCUT2D eigenvalue weighted by molar-refractivity contribution is 0.0698. The summed E-state index contributed by atoms with van der Waals surface area (Å²) in [5, 5.41) is 13.4. The van der Waals surface area contributed by atoms with Crippen molar-refractivity contribution in [3.63, 3.8) is 0 Å². The normalized spacial score (nSPS) is 10.7. The Labute approximate surface area is 197 Å². The van der Waals surface area contributed by atoms with Gasteiger partial charge in [0, 0.05) is 20.5 Å². The van der Waals surface area contributed by atoms with E-state index in [4.69, 9.17) is 32.4 Å². The van der Waals surface area contributed by atoms with Crippen molar-refractivity contribution in [2.45, 2.75) is 6.61 Å². The number of rotatable bonds is 7. The highest BCUT2D eigenvalue weighted by molar-refractivity contribution is 7.20. The van der Waals surface area contributed by atoms with Crippen LogP contribution in [0.1, 0.15) is 26.5 Å². The molecule has 0 bridgehead atoms. The Morgan fingerprint density at radius 1 is 1.03 bits per heavy atom. The SMILES string of the molecule is O=C(Nc1sc(-c2ccc(OCc3c(Cl)cccc3Cl)cc2)cc1C(=O)O)c1ccco1. The number of carboxylic acids is 1. The fourth-order valence-electron chi connectivity index (χ4n) is 2.90. The number of carbonyl (C=O) groups excluding carboxylic acids is 1. The second-order valence-electron chi connectivity index (χ2n) is 6.60. The Balaban J connectivity index is 1.51. The van der Waals surface area contributed by atoms with Crippen LogP contribution in [-0.4, -0.2) is 17.0 Å². The van der Waals surface area contributed by atoms with E-state index in [1.54, 1.807) is 48.5 Å². The highest BCUT2D eigenvalue weighted by Crippen LogP contribution is 2.36. The predicted octanol–water partition coefficient (Wildman–Crippen LogP) is 6.84. The first-order valence-corrected chi connectivity index (χ1v) is 10.9. The number of halogens is 2. The van der Waals surface area contributed by atoms with E-state index in [1.165, 1.54) is 18.4 Å². The van der Waals surface area contributed by atoms with Crippen molar-refractivity contribution in [1.82, 2.24) is 0 Å². The monoisotopic (exact) mass is 487 g/mol. The van der Waals surface area contributed by atoms with Crippen molar-refractivity contribution in [1.29, 1.82) is 0 Å². The molecule has 0 saturated carbocycles. The first kappa shape index (κ1) is 22.0. The third-order valence-corrected chi connectivity index (χ3v) is 6.33. The Morgan fingerprint density at radius 2 is 1.75 bits per heavy atom. The number of hydrogen-bond donors (Lipinski definition) is 2. The molecular weight excluding hydrogens is 473 g/mol. The number of thiophene rings is 1. The molecule has 0 aliphatic heterocycles. The number of carboxylic acid groups (broad SMARTS) is 1. The number of hydrogen-bond acceptors (Lipinski definition) is 5. The molecule has 9 heteroatoms. The fourth-order valence-corrected chi connectivity index (χ4v) is 4.46. The van der Waals surface area contributed by atoms with Gasteiger partial charge < -0.3 is 19.6 Å². The number of aromatic carboxylic acids is 1. The van der Waals surface area contributed by atoms with Crippen LogP contribution in [0.5, 0.6) is 5.75 Å². The summed E-state index contributed by atoms with van der Waals surface area (Å²) >= 11 is 13.5. The molecule has 6 nitrogen and oxygen atoms in total. The summed E-state index contributed by atoms with van der Waals surface area (Å²) in [6.07, 6.45) is 1.37. The lowest BCUT2D eigenvalue weighted by Gasteiger charge is -2.10. The van der Waals surface area contributed by atoms with Gasteiger partial charge in [-0.3, -0.25) is 4.79 Å². The lowest BCUT2D eigenvalue weighted by Crippen LogP contribution is -2.12. The van der Waals surface area contributed by atoms with Gasteiger partial charge in [0.25, 0.3) is 5.91 Å². The second kappa shape index (κ2) is 9.48. The first-order valence-electron chi connectivity index (χ1n) is 9.30. The van der Waals surface area contributed by atoms with E-state index in [-0.39, 0.29) is 22.9 Å². The summed E-state index contributed by atoms with van der Waals surface area (Å²) in [6.45, 7) is 0.211. The Hall–Kier alpha value is -3.26. The standard InChI is InChI=1S/C23H15Cl2NO5S/c24-17-3-1-4-18(25)16(17)12-31-14-8-6-13(7-9-14)20-11-15(23(28)29)22(32-20)26-21(27)19-5-2-10-30-19/h1-11H,12H2,(H,26,27)(H,28,29). The van der Waals surface area contributed by atoms with Crippen LogP contribution in [0.25, 0.3) is 10.4 Å².